The minimum atomic E-state index is -4.94. The third kappa shape index (κ3) is 8.34. The van der Waals surface area contributed by atoms with Crippen LogP contribution in [-0.4, -0.2) is 23.1 Å². The fourth-order valence-electron chi connectivity index (χ4n) is 3.77. The molecule has 14 heteroatoms. The van der Waals surface area contributed by atoms with Crippen LogP contribution in [0.4, 0.5) is 10.7 Å². The quantitative estimate of drug-likeness (QED) is 0.280. The van der Waals surface area contributed by atoms with E-state index in [9.17, 15) is 4.79 Å². The molecular weight excluding hydrogens is 602 g/mol. The van der Waals surface area contributed by atoms with E-state index >= 15 is 0 Å². The minimum Gasteiger partial charge on any atom is -0.494 e. The van der Waals surface area contributed by atoms with E-state index in [4.69, 9.17) is 46.6 Å². The molecule has 0 spiro atoms. The maximum atomic E-state index is 13.2. The number of aromatic nitrogens is 2. The highest BCUT2D eigenvalue weighted by Gasteiger charge is 2.52. The number of urea groups is 1. The van der Waals surface area contributed by atoms with Crippen LogP contribution in [0.15, 0.2) is 113 Å². The van der Waals surface area contributed by atoms with Gasteiger partial charge in [0.1, 0.15) is 15.9 Å². The van der Waals surface area contributed by atoms with Gasteiger partial charge in [-0.15, -0.1) is 10.2 Å². The Morgan fingerprint density at radius 1 is 0.775 bits per heavy atom. The second-order valence-corrected chi connectivity index (χ2v) is 12.7. The number of amides is 2. The molecule has 1 aromatic heterocycles. The van der Waals surface area contributed by atoms with Crippen LogP contribution in [-0.2, 0) is 0 Å². The maximum absolute atomic E-state index is 13.2. The van der Waals surface area contributed by atoms with Crippen molar-refractivity contribution in [3.63, 3.8) is 0 Å². The number of carbonyl (C=O) groups excluding carboxylic acids is 1. The normalized spacial score (nSPS) is 11.0. The predicted molar refractivity (Wildman–Crippen MR) is 145 cm³/mol. The Morgan fingerprint density at radius 3 is 1.48 bits per heavy atom. The highest BCUT2D eigenvalue weighted by Crippen LogP contribution is 2.63. The minimum absolute atomic E-state index is 0.0410. The Labute approximate surface area is 243 Å². The number of nitrogens with one attached hydrogen (secondary N) is 2. The van der Waals surface area contributed by atoms with E-state index in [1.165, 1.54) is 19.5 Å². The first kappa shape index (κ1) is 31.2. The number of rotatable bonds is 7. The van der Waals surface area contributed by atoms with Crippen molar-refractivity contribution in [3.8, 4) is 5.75 Å². The maximum Gasteiger partial charge on any atom is 0.328 e. The summed E-state index contributed by atoms with van der Waals surface area (Å²) in [4.78, 5) is 21.3. The Balaban J connectivity index is 0.000000810. The summed E-state index contributed by atoms with van der Waals surface area (Å²) in [7, 11) is -6.14. The van der Waals surface area contributed by atoms with E-state index in [-0.39, 0.29) is 10.4 Å². The Morgan fingerprint density at radius 2 is 1.15 bits per heavy atom. The molecule has 0 saturated heterocycles. The smallest absolute Gasteiger partial charge is 0.328 e. The molecule has 0 saturated carbocycles. The summed E-state index contributed by atoms with van der Waals surface area (Å²) in [5, 5.41) is 8.51. The summed E-state index contributed by atoms with van der Waals surface area (Å²) >= 11 is 13.1. The van der Waals surface area contributed by atoms with Crippen LogP contribution in [0.1, 0.15) is 0 Å². The first-order chi connectivity index (χ1) is 19.1. The lowest BCUT2D eigenvalue weighted by molar-refractivity contribution is -2.00. The molecule has 0 unspecified atom stereocenters. The van der Waals surface area contributed by atoms with Crippen LogP contribution in [0.3, 0.4) is 0 Å². The molecule has 3 aromatic carbocycles. The summed E-state index contributed by atoms with van der Waals surface area (Å²) in [6, 6.07) is 29.2. The number of carbonyl (C=O) groups is 1. The van der Waals surface area contributed by atoms with Gasteiger partial charge in [-0.2, -0.15) is 0 Å². The lowest BCUT2D eigenvalue weighted by atomic mass is 10.4. The fourth-order valence-corrected chi connectivity index (χ4v) is 8.68. The molecular formula is C26H22Cl3N4O6P. The molecule has 4 rings (SSSR count). The zero-order chi connectivity index (χ0) is 29.2. The lowest BCUT2D eigenvalue weighted by Crippen LogP contribution is -2.68. The van der Waals surface area contributed by atoms with Crippen molar-refractivity contribution >= 4 is 58.4 Å². The number of benzene rings is 3. The third-order valence-corrected chi connectivity index (χ3v) is 10.1. The molecule has 0 aliphatic carbocycles. The van der Waals surface area contributed by atoms with Crippen molar-refractivity contribution in [1.29, 1.82) is 0 Å². The molecule has 0 aliphatic rings. The zero-order valence-corrected chi connectivity index (χ0v) is 23.9. The molecule has 10 nitrogen and oxygen atoms in total. The van der Waals surface area contributed by atoms with Crippen LogP contribution < -0.4 is 49.9 Å². The number of ether oxygens (including phenoxy) is 1. The largest absolute Gasteiger partial charge is 0.494 e. The molecule has 0 aliphatic heterocycles. The number of halogens is 3. The van der Waals surface area contributed by atoms with Crippen molar-refractivity contribution in [2.75, 3.05) is 12.4 Å². The summed E-state index contributed by atoms with van der Waals surface area (Å²) in [5.74, 6) is 0.582. The van der Waals surface area contributed by atoms with Crippen molar-refractivity contribution in [1.82, 2.24) is 15.3 Å². The Kier molecular flexibility index (Phi) is 11.2. The van der Waals surface area contributed by atoms with Gasteiger partial charge >= 0.3 is 6.03 Å². The van der Waals surface area contributed by atoms with E-state index < -0.39 is 23.5 Å². The van der Waals surface area contributed by atoms with E-state index in [2.05, 4.69) is 20.6 Å². The highest BCUT2D eigenvalue weighted by molar-refractivity contribution is 7.99. The summed E-state index contributed by atoms with van der Waals surface area (Å²) in [6.45, 7) is 0. The number of anilines is 1. The molecule has 208 valence electrons. The number of hydrogen-bond donors (Lipinski definition) is 2. The number of hydrogen-bond acceptors (Lipinski definition) is 8. The molecule has 2 amide bonds. The molecule has 1 heterocycles. The van der Waals surface area contributed by atoms with Crippen LogP contribution in [0.2, 0.25) is 0 Å². The van der Waals surface area contributed by atoms with Gasteiger partial charge in [0.2, 0.25) is 11.4 Å². The van der Waals surface area contributed by atoms with Gasteiger partial charge in [0.25, 0.3) is 0 Å². The molecule has 2 N–H and O–H groups in total. The van der Waals surface area contributed by atoms with Crippen molar-refractivity contribution in [2.24, 2.45) is 0 Å². The predicted octanol–water partition coefficient (Wildman–Crippen LogP) is 0.449. The van der Waals surface area contributed by atoms with Crippen LogP contribution in [0.5, 0.6) is 5.75 Å². The number of methoxy groups -OCH3 is 1. The summed E-state index contributed by atoms with van der Waals surface area (Å²) in [6.07, 6.45) is 2.92. The highest BCUT2D eigenvalue weighted by atomic mass is 35.7. The van der Waals surface area contributed by atoms with Gasteiger partial charge < -0.3 is 4.74 Å². The monoisotopic (exact) mass is 622 g/mol. The first-order valence-corrected chi connectivity index (χ1v) is 15.0. The SMILES string of the molecule is COc1cnc(NC(=O)NC(=C(Cl)Cl)[P+](c2ccccc2)(c2ccccc2)c2ccccc2)nc1.[O-][Cl+3]([O-])([O-])[O-]. The summed E-state index contributed by atoms with van der Waals surface area (Å²) in [5.41, 5.74) is 0.399. The zero-order valence-electron chi connectivity index (χ0n) is 20.7. The van der Waals surface area contributed by atoms with Crippen LogP contribution >= 0.6 is 30.5 Å². The first-order valence-electron chi connectivity index (χ1n) is 11.2. The van der Waals surface area contributed by atoms with E-state index in [1.54, 1.807) is 0 Å². The molecule has 0 fully saturated rings. The summed E-state index contributed by atoms with van der Waals surface area (Å²) < 4.78 is 39.0. The van der Waals surface area contributed by atoms with Gasteiger partial charge in [-0.25, -0.2) is 33.4 Å². The van der Waals surface area contributed by atoms with Crippen molar-refractivity contribution in [2.45, 2.75) is 0 Å². The Hall–Kier alpha value is -3.31. The van der Waals surface area contributed by atoms with Crippen LogP contribution in [0.25, 0.3) is 0 Å². The van der Waals surface area contributed by atoms with E-state index in [0.717, 1.165) is 15.9 Å². The van der Waals surface area contributed by atoms with Gasteiger partial charge in [-0.05, 0) is 36.4 Å². The molecule has 40 heavy (non-hydrogen) atoms. The van der Waals surface area contributed by atoms with E-state index in [1.807, 2.05) is 91.0 Å². The van der Waals surface area contributed by atoms with Gasteiger partial charge in [0, 0.05) is 0 Å². The number of nitrogens with zero attached hydrogens (tertiary/aromatic N) is 2. The average molecular weight is 624 g/mol. The average Bonchev–Trinajstić information content (AvgIpc) is 2.94. The molecule has 0 radical (unpaired) electrons. The van der Waals surface area contributed by atoms with Gasteiger partial charge in [-0.3, -0.25) is 10.6 Å². The molecule has 0 atom stereocenters. The van der Waals surface area contributed by atoms with Crippen molar-refractivity contribution < 1.29 is 38.4 Å². The standard InChI is InChI=1S/C26H21Cl2N4O2P.ClHO4/c1-34-19-17-29-25(30-18-19)32-26(33)31-24(23(27)28)35(20-11-5-2-6-12-20,21-13-7-3-8-14-21)22-15-9-4-10-16-22;2-1(3,4)5/h2-18H,1H3,(H-,29,30,31,32,33);(H,2,3,4,5). The van der Waals surface area contributed by atoms with Gasteiger partial charge in [-0.1, -0.05) is 77.8 Å². The second-order valence-electron chi connectivity index (χ2n) is 7.69. The van der Waals surface area contributed by atoms with Crippen molar-refractivity contribution in [3.05, 3.63) is 113 Å². The van der Waals surface area contributed by atoms with Gasteiger partial charge in [0.15, 0.2) is 17.5 Å². The second kappa shape index (κ2) is 14.4. The van der Waals surface area contributed by atoms with Gasteiger partial charge in [0.05, 0.1) is 19.5 Å². The molecule has 0 bridgehead atoms. The fraction of sp³-hybridized carbons (Fsp3) is 0.0385. The molecule has 4 aromatic rings. The topological polar surface area (TPSA) is 168 Å². The van der Waals surface area contributed by atoms with E-state index in [0.29, 0.717) is 11.2 Å². The lowest BCUT2D eigenvalue weighted by Gasteiger charge is -2.29. The third-order valence-electron chi connectivity index (χ3n) is 5.27. The van der Waals surface area contributed by atoms with Crippen LogP contribution in [0, 0.1) is 10.2 Å². The Bertz CT molecular complexity index is 1300.